The summed E-state index contributed by atoms with van der Waals surface area (Å²) in [6, 6.07) is 16.4. The molecule has 144 valence electrons. The van der Waals surface area contributed by atoms with E-state index in [1.54, 1.807) is 24.3 Å². The first-order valence-electron chi connectivity index (χ1n) is 8.70. The first-order chi connectivity index (χ1) is 13.6. The number of hydrogen-bond acceptors (Lipinski definition) is 6. The second kappa shape index (κ2) is 8.85. The van der Waals surface area contributed by atoms with Gasteiger partial charge in [-0.1, -0.05) is 18.2 Å². The van der Waals surface area contributed by atoms with Crippen LogP contribution in [-0.4, -0.2) is 30.6 Å². The molecular weight excluding hydrogens is 360 g/mol. The van der Waals surface area contributed by atoms with Crippen LogP contribution in [0.1, 0.15) is 11.5 Å². The minimum Gasteiger partial charge on any atom is -0.493 e. The Morgan fingerprint density at radius 2 is 1.79 bits per heavy atom. The number of methoxy groups -OCH3 is 1. The van der Waals surface area contributed by atoms with E-state index in [2.05, 4.69) is 15.0 Å². The molecule has 0 bridgehead atoms. The summed E-state index contributed by atoms with van der Waals surface area (Å²) in [5, 5.41) is 2.44. The van der Waals surface area contributed by atoms with E-state index in [0.29, 0.717) is 30.4 Å². The quantitative estimate of drug-likeness (QED) is 0.521. The van der Waals surface area contributed by atoms with E-state index in [9.17, 15) is 9.59 Å². The van der Waals surface area contributed by atoms with Crippen molar-refractivity contribution >= 4 is 17.6 Å². The molecule has 7 nitrogen and oxygen atoms in total. The lowest BCUT2D eigenvalue weighted by molar-refractivity contribution is -0.150. The highest BCUT2D eigenvalue weighted by atomic mass is 16.5. The highest BCUT2D eigenvalue weighted by molar-refractivity contribution is 6.37. The van der Waals surface area contributed by atoms with E-state index in [-0.39, 0.29) is 0 Å². The number of hydrogen-bond donors (Lipinski definition) is 1. The monoisotopic (exact) mass is 380 g/mol. The van der Waals surface area contributed by atoms with Gasteiger partial charge in [0.1, 0.15) is 11.5 Å². The summed E-state index contributed by atoms with van der Waals surface area (Å²) in [5.74, 6) is 0.229. The number of amides is 1. The lowest BCUT2D eigenvalue weighted by Crippen LogP contribution is -2.23. The molecule has 28 heavy (non-hydrogen) atoms. The third-order valence-electron chi connectivity index (χ3n) is 4.00. The highest BCUT2D eigenvalue weighted by Crippen LogP contribution is 2.22. The van der Waals surface area contributed by atoms with Gasteiger partial charge in [-0.2, -0.15) is 0 Å². The van der Waals surface area contributed by atoms with Crippen LogP contribution in [-0.2, 0) is 20.7 Å². The number of anilines is 1. The van der Waals surface area contributed by atoms with E-state index in [1.807, 2.05) is 37.3 Å². The van der Waals surface area contributed by atoms with Gasteiger partial charge in [0.05, 0.1) is 19.4 Å². The molecule has 7 heteroatoms. The molecule has 1 aromatic heterocycles. The Bertz CT molecular complexity index is 949. The maximum Gasteiger partial charge on any atom is 0.396 e. The normalized spacial score (nSPS) is 10.4. The van der Waals surface area contributed by atoms with E-state index < -0.39 is 11.9 Å². The van der Waals surface area contributed by atoms with Crippen LogP contribution < -0.4 is 10.1 Å². The average molecular weight is 380 g/mol. The second-order valence-corrected chi connectivity index (χ2v) is 5.96. The first kappa shape index (κ1) is 19.2. The molecule has 1 N–H and O–H groups in total. The second-order valence-electron chi connectivity index (χ2n) is 5.96. The number of nitrogens with zero attached hydrogens (tertiary/aromatic N) is 1. The molecule has 0 aliphatic heterocycles. The van der Waals surface area contributed by atoms with Crippen LogP contribution >= 0.6 is 0 Å². The lowest BCUT2D eigenvalue weighted by Gasteiger charge is -2.07. The number of carbonyl (C=O) groups excluding carboxylic acids is 2. The fourth-order valence-corrected chi connectivity index (χ4v) is 2.54. The molecule has 0 saturated carbocycles. The van der Waals surface area contributed by atoms with Crippen LogP contribution in [0.25, 0.3) is 11.5 Å². The largest absolute Gasteiger partial charge is 0.493 e. The topological polar surface area (TPSA) is 90.7 Å². The SMILES string of the molecule is COC(=O)C(=O)Nc1ccc(OCCc2nc(-c3ccccc3)oc2C)cc1. The maximum atomic E-state index is 11.5. The Morgan fingerprint density at radius 3 is 2.46 bits per heavy atom. The fourth-order valence-electron chi connectivity index (χ4n) is 2.54. The summed E-state index contributed by atoms with van der Waals surface area (Å²) in [7, 11) is 1.15. The highest BCUT2D eigenvalue weighted by Gasteiger charge is 2.14. The summed E-state index contributed by atoms with van der Waals surface area (Å²) >= 11 is 0. The van der Waals surface area contributed by atoms with Crippen molar-refractivity contribution in [2.45, 2.75) is 13.3 Å². The molecule has 0 atom stereocenters. The van der Waals surface area contributed by atoms with E-state index in [4.69, 9.17) is 9.15 Å². The Labute approximate surface area is 162 Å². The van der Waals surface area contributed by atoms with Gasteiger partial charge < -0.3 is 19.2 Å². The van der Waals surface area contributed by atoms with Gasteiger partial charge in [-0.3, -0.25) is 4.79 Å². The molecule has 0 aliphatic carbocycles. The third-order valence-corrected chi connectivity index (χ3v) is 4.00. The van der Waals surface area contributed by atoms with Gasteiger partial charge >= 0.3 is 11.9 Å². The van der Waals surface area contributed by atoms with Crippen molar-refractivity contribution in [3.63, 3.8) is 0 Å². The minimum atomic E-state index is -0.946. The van der Waals surface area contributed by atoms with Crippen LogP contribution in [0, 0.1) is 6.92 Å². The van der Waals surface area contributed by atoms with Gasteiger partial charge in [0.15, 0.2) is 0 Å². The molecule has 3 rings (SSSR count). The number of oxazole rings is 1. The number of aromatic nitrogens is 1. The first-order valence-corrected chi connectivity index (χ1v) is 8.70. The molecule has 0 fully saturated rings. The Hall–Kier alpha value is -3.61. The van der Waals surface area contributed by atoms with Crippen LogP contribution in [0.15, 0.2) is 59.0 Å². The van der Waals surface area contributed by atoms with Gasteiger partial charge in [-0.25, -0.2) is 9.78 Å². The van der Waals surface area contributed by atoms with E-state index in [0.717, 1.165) is 24.1 Å². The van der Waals surface area contributed by atoms with Crippen LogP contribution in [0.4, 0.5) is 5.69 Å². The summed E-state index contributed by atoms with van der Waals surface area (Å²) in [4.78, 5) is 27.1. The molecule has 0 aliphatic rings. The molecule has 0 saturated heterocycles. The van der Waals surface area contributed by atoms with Gasteiger partial charge in [-0.05, 0) is 43.3 Å². The number of esters is 1. The number of aryl methyl sites for hydroxylation is 1. The molecule has 1 amide bonds. The van der Waals surface area contributed by atoms with Crippen molar-refractivity contribution in [2.24, 2.45) is 0 Å². The zero-order chi connectivity index (χ0) is 19.9. The van der Waals surface area contributed by atoms with Crippen molar-refractivity contribution in [1.29, 1.82) is 0 Å². The number of nitrogens with one attached hydrogen (secondary N) is 1. The number of benzene rings is 2. The summed E-state index contributed by atoms with van der Waals surface area (Å²) < 4.78 is 15.8. The predicted molar refractivity (Wildman–Crippen MR) is 103 cm³/mol. The van der Waals surface area contributed by atoms with Crippen molar-refractivity contribution in [1.82, 2.24) is 4.98 Å². The maximum absolute atomic E-state index is 11.5. The average Bonchev–Trinajstić information content (AvgIpc) is 3.10. The number of ether oxygens (including phenoxy) is 2. The fraction of sp³-hybridized carbons (Fsp3) is 0.190. The zero-order valence-corrected chi connectivity index (χ0v) is 15.6. The standard InChI is InChI=1S/C21H20N2O5/c1-14-18(23-20(28-14)15-6-4-3-5-7-15)12-13-27-17-10-8-16(9-11-17)22-19(24)21(25)26-2/h3-11H,12-13H2,1-2H3,(H,22,24). The Morgan fingerprint density at radius 1 is 1.07 bits per heavy atom. The Balaban J connectivity index is 1.53. The lowest BCUT2D eigenvalue weighted by atomic mass is 10.2. The third kappa shape index (κ3) is 4.76. The molecule has 0 radical (unpaired) electrons. The summed E-state index contributed by atoms with van der Waals surface area (Å²) in [5.41, 5.74) is 2.26. The van der Waals surface area contributed by atoms with Gasteiger partial charge in [-0.15, -0.1) is 0 Å². The molecule has 1 heterocycles. The van der Waals surface area contributed by atoms with Gasteiger partial charge in [0, 0.05) is 17.7 Å². The summed E-state index contributed by atoms with van der Waals surface area (Å²) in [6.07, 6.45) is 0.600. The zero-order valence-electron chi connectivity index (χ0n) is 15.6. The summed E-state index contributed by atoms with van der Waals surface area (Å²) in [6.45, 7) is 2.31. The molecule has 2 aromatic carbocycles. The molecule has 0 spiro atoms. The Kier molecular flexibility index (Phi) is 6.06. The van der Waals surface area contributed by atoms with Crippen molar-refractivity contribution in [3.8, 4) is 17.2 Å². The smallest absolute Gasteiger partial charge is 0.396 e. The van der Waals surface area contributed by atoms with E-state index >= 15 is 0 Å². The molecular formula is C21H20N2O5. The molecule has 3 aromatic rings. The van der Waals surface area contributed by atoms with Crippen molar-refractivity contribution in [2.75, 3.05) is 19.0 Å². The van der Waals surface area contributed by atoms with Crippen molar-refractivity contribution in [3.05, 3.63) is 66.1 Å². The number of rotatable bonds is 6. The minimum absolute atomic E-state index is 0.426. The number of carbonyl (C=O) groups is 2. The molecule has 0 unspecified atom stereocenters. The van der Waals surface area contributed by atoms with Crippen LogP contribution in [0.5, 0.6) is 5.75 Å². The van der Waals surface area contributed by atoms with Crippen molar-refractivity contribution < 1.29 is 23.5 Å². The predicted octanol–water partition coefficient (Wildman–Crippen LogP) is 3.38. The van der Waals surface area contributed by atoms with E-state index in [1.165, 1.54) is 0 Å². The van der Waals surface area contributed by atoms with Gasteiger partial charge in [0.2, 0.25) is 5.89 Å². The van der Waals surface area contributed by atoms with Crippen LogP contribution in [0.2, 0.25) is 0 Å². The van der Waals surface area contributed by atoms with Gasteiger partial charge in [0.25, 0.3) is 0 Å². The van der Waals surface area contributed by atoms with Crippen LogP contribution in [0.3, 0.4) is 0 Å².